The van der Waals surface area contributed by atoms with Crippen molar-refractivity contribution in [3.8, 4) is 5.75 Å². The zero-order chi connectivity index (χ0) is 12.1. The fourth-order valence-corrected chi connectivity index (χ4v) is 1.33. The lowest BCUT2D eigenvalue weighted by atomic mass is 10.3. The maximum absolute atomic E-state index is 11.4. The zero-order valence-corrected chi connectivity index (χ0v) is 10.0. The Kier molecular flexibility index (Phi) is 4.43. The van der Waals surface area contributed by atoms with E-state index < -0.39 is 6.10 Å². The molecule has 0 radical (unpaired) electrons. The van der Waals surface area contributed by atoms with Crippen molar-refractivity contribution < 1.29 is 9.53 Å². The highest BCUT2D eigenvalue weighted by Gasteiger charge is 2.14. The van der Waals surface area contributed by atoms with Crippen molar-refractivity contribution in [2.75, 3.05) is 12.3 Å². The van der Waals surface area contributed by atoms with Gasteiger partial charge in [-0.2, -0.15) is 0 Å². The third-order valence-corrected chi connectivity index (χ3v) is 2.23. The van der Waals surface area contributed by atoms with Crippen LogP contribution in [0.5, 0.6) is 5.75 Å². The van der Waals surface area contributed by atoms with Crippen LogP contribution in [-0.4, -0.2) is 18.6 Å². The molecule has 0 saturated carbocycles. The first-order chi connectivity index (χ1) is 7.54. The van der Waals surface area contributed by atoms with E-state index in [0.717, 1.165) is 0 Å². The first-order valence-electron chi connectivity index (χ1n) is 5.04. The molecule has 1 amide bonds. The number of nitrogen functional groups attached to an aromatic ring is 1. The van der Waals surface area contributed by atoms with E-state index in [1.807, 2.05) is 6.92 Å². The second-order valence-corrected chi connectivity index (χ2v) is 3.77. The summed E-state index contributed by atoms with van der Waals surface area (Å²) in [6.07, 6.45) is -0.597. The number of halogens is 1. The Morgan fingerprint density at radius 3 is 2.94 bits per heavy atom. The van der Waals surface area contributed by atoms with Crippen molar-refractivity contribution in [1.82, 2.24) is 5.32 Å². The summed E-state index contributed by atoms with van der Waals surface area (Å²) in [6.45, 7) is 4.07. The monoisotopic (exact) mass is 242 g/mol. The number of hydrogen-bond donors (Lipinski definition) is 2. The van der Waals surface area contributed by atoms with E-state index in [9.17, 15) is 4.79 Å². The molecule has 88 valence electrons. The van der Waals surface area contributed by atoms with E-state index in [0.29, 0.717) is 23.0 Å². The van der Waals surface area contributed by atoms with E-state index in [4.69, 9.17) is 22.1 Å². The average molecular weight is 243 g/mol. The van der Waals surface area contributed by atoms with Crippen molar-refractivity contribution in [3.05, 3.63) is 23.2 Å². The van der Waals surface area contributed by atoms with Gasteiger partial charge in [-0.05, 0) is 26.0 Å². The first-order valence-corrected chi connectivity index (χ1v) is 5.41. The number of benzene rings is 1. The van der Waals surface area contributed by atoms with Crippen LogP contribution in [0.15, 0.2) is 18.2 Å². The summed E-state index contributed by atoms with van der Waals surface area (Å²) in [5, 5.41) is 3.18. The molecule has 1 rings (SSSR count). The van der Waals surface area contributed by atoms with Gasteiger partial charge in [-0.3, -0.25) is 4.79 Å². The van der Waals surface area contributed by atoms with Gasteiger partial charge in [-0.25, -0.2) is 0 Å². The third kappa shape index (κ3) is 3.31. The van der Waals surface area contributed by atoms with Crippen LogP contribution in [0.25, 0.3) is 0 Å². The summed E-state index contributed by atoms with van der Waals surface area (Å²) >= 11 is 5.80. The number of nitrogens with two attached hydrogens (primary N) is 1. The highest BCUT2D eigenvalue weighted by Crippen LogP contribution is 2.26. The second kappa shape index (κ2) is 5.61. The molecule has 0 heterocycles. The van der Waals surface area contributed by atoms with Crippen LogP contribution in [0.4, 0.5) is 5.69 Å². The molecule has 16 heavy (non-hydrogen) atoms. The van der Waals surface area contributed by atoms with Crippen LogP contribution in [0.1, 0.15) is 13.8 Å². The molecular formula is C11H15ClN2O2. The largest absolute Gasteiger partial charge is 0.479 e. The number of carbonyl (C=O) groups excluding carboxylic acids is 1. The molecule has 1 unspecified atom stereocenters. The summed E-state index contributed by atoms with van der Waals surface area (Å²) in [5.74, 6) is 0.244. The van der Waals surface area contributed by atoms with Gasteiger partial charge in [-0.15, -0.1) is 0 Å². The van der Waals surface area contributed by atoms with Crippen LogP contribution < -0.4 is 15.8 Å². The third-order valence-electron chi connectivity index (χ3n) is 2.00. The van der Waals surface area contributed by atoms with Crippen LogP contribution in [0.2, 0.25) is 5.02 Å². The molecule has 0 aliphatic heterocycles. The van der Waals surface area contributed by atoms with Crippen LogP contribution in [-0.2, 0) is 4.79 Å². The van der Waals surface area contributed by atoms with Crippen molar-refractivity contribution >= 4 is 23.2 Å². The van der Waals surface area contributed by atoms with Gasteiger partial charge >= 0.3 is 0 Å². The number of carbonyl (C=O) groups is 1. The lowest BCUT2D eigenvalue weighted by molar-refractivity contribution is -0.127. The predicted octanol–water partition coefficient (Wildman–Crippen LogP) is 1.83. The molecule has 1 aromatic carbocycles. The molecule has 4 nitrogen and oxygen atoms in total. The fourth-order valence-electron chi connectivity index (χ4n) is 1.17. The first kappa shape index (κ1) is 12.6. The number of amides is 1. The molecule has 0 bridgehead atoms. The van der Waals surface area contributed by atoms with Gasteiger partial charge in [-0.1, -0.05) is 11.6 Å². The van der Waals surface area contributed by atoms with Gasteiger partial charge < -0.3 is 15.8 Å². The minimum atomic E-state index is -0.597. The molecule has 0 saturated heterocycles. The molecule has 0 fully saturated rings. The summed E-state index contributed by atoms with van der Waals surface area (Å²) in [6, 6.07) is 4.90. The van der Waals surface area contributed by atoms with E-state index in [2.05, 4.69) is 5.32 Å². The van der Waals surface area contributed by atoms with Gasteiger partial charge in [0, 0.05) is 17.6 Å². The Hall–Kier alpha value is -1.42. The predicted molar refractivity (Wildman–Crippen MR) is 64.6 cm³/mol. The maximum atomic E-state index is 11.4. The van der Waals surface area contributed by atoms with Crippen molar-refractivity contribution in [2.24, 2.45) is 0 Å². The normalized spacial score (nSPS) is 11.9. The molecule has 0 aliphatic carbocycles. The van der Waals surface area contributed by atoms with Gasteiger partial charge in [0.25, 0.3) is 5.91 Å². The van der Waals surface area contributed by atoms with Crippen LogP contribution >= 0.6 is 11.6 Å². The van der Waals surface area contributed by atoms with Gasteiger partial charge in [0.15, 0.2) is 6.10 Å². The molecule has 0 spiro atoms. The Balaban J connectivity index is 2.72. The van der Waals surface area contributed by atoms with Crippen molar-refractivity contribution in [1.29, 1.82) is 0 Å². The standard InChI is InChI=1S/C11H15ClN2O2/c1-3-14-11(15)7(2)16-10-6-8(12)4-5-9(10)13/h4-7H,3,13H2,1-2H3,(H,14,15). The van der Waals surface area contributed by atoms with E-state index in [1.165, 1.54) is 0 Å². The summed E-state index contributed by atoms with van der Waals surface area (Å²) in [5.41, 5.74) is 6.16. The second-order valence-electron chi connectivity index (χ2n) is 3.34. The van der Waals surface area contributed by atoms with Gasteiger partial charge in [0.2, 0.25) is 0 Å². The number of nitrogens with one attached hydrogen (secondary N) is 1. The topological polar surface area (TPSA) is 64.3 Å². The van der Waals surface area contributed by atoms with Crippen LogP contribution in [0, 0.1) is 0 Å². The summed E-state index contributed by atoms with van der Waals surface area (Å²) in [7, 11) is 0. The SMILES string of the molecule is CCNC(=O)C(C)Oc1cc(Cl)ccc1N. The number of rotatable bonds is 4. The van der Waals surface area contributed by atoms with E-state index in [-0.39, 0.29) is 5.91 Å². The number of hydrogen-bond acceptors (Lipinski definition) is 3. The Morgan fingerprint density at radius 1 is 1.62 bits per heavy atom. The summed E-state index contributed by atoms with van der Waals surface area (Å²) in [4.78, 5) is 11.4. The molecule has 5 heteroatoms. The lowest BCUT2D eigenvalue weighted by Crippen LogP contribution is -2.36. The molecule has 1 aromatic rings. The molecule has 0 aromatic heterocycles. The fraction of sp³-hybridized carbons (Fsp3) is 0.364. The lowest BCUT2D eigenvalue weighted by Gasteiger charge is -2.15. The zero-order valence-electron chi connectivity index (χ0n) is 9.29. The molecular weight excluding hydrogens is 228 g/mol. The number of likely N-dealkylation sites (N-methyl/N-ethyl adjacent to an activating group) is 1. The van der Waals surface area contributed by atoms with Crippen LogP contribution in [0.3, 0.4) is 0 Å². The quantitative estimate of drug-likeness (QED) is 0.792. The van der Waals surface area contributed by atoms with Crippen molar-refractivity contribution in [3.63, 3.8) is 0 Å². The maximum Gasteiger partial charge on any atom is 0.260 e. The molecule has 0 aliphatic rings. The Morgan fingerprint density at radius 2 is 2.31 bits per heavy atom. The molecule has 1 atom stereocenters. The van der Waals surface area contributed by atoms with E-state index in [1.54, 1.807) is 25.1 Å². The van der Waals surface area contributed by atoms with Crippen molar-refractivity contribution in [2.45, 2.75) is 20.0 Å². The molecule has 3 N–H and O–H groups in total. The van der Waals surface area contributed by atoms with Gasteiger partial charge in [0.05, 0.1) is 5.69 Å². The highest BCUT2D eigenvalue weighted by molar-refractivity contribution is 6.30. The smallest absolute Gasteiger partial charge is 0.260 e. The number of ether oxygens (including phenoxy) is 1. The summed E-state index contributed by atoms with van der Waals surface area (Å²) < 4.78 is 5.42. The Bertz CT molecular complexity index is 382. The highest BCUT2D eigenvalue weighted by atomic mass is 35.5. The Labute approximate surface area is 99.7 Å². The van der Waals surface area contributed by atoms with E-state index >= 15 is 0 Å². The average Bonchev–Trinajstić information content (AvgIpc) is 2.23. The minimum absolute atomic E-state index is 0.179. The number of anilines is 1. The minimum Gasteiger partial charge on any atom is -0.479 e. The van der Waals surface area contributed by atoms with Gasteiger partial charge in [0.1, 0.15) is 5.75 Å².